The van der Waals surface area contributed by atoms with Crippen LogP contribution < -0.4 is 10.0 Å². The number of Topliss-reactive ketones (excluding diaryl/α,β-unsaturated/α-hetero) is 1. The molecule has 210 valence electrons. The molecule has 3 aromatic carbocycles. The number of sulfonamides is 1. The fourth-order valence-electron chi connectivity index (χ4n) is 4.05. The number of nitrogens with zero attached hydrogens (tertiary/aromatic N) is 3. The summed E-state index contributed by atoms with van der Waals surface area (Å²) in [5, 5.41) is 6.21. The Morgan fingerprint density at radius 2 is 1.61 bits per heavy atom. The van der Waals surface area contributed by atoms with E-state index < -0.39 is 49.9 Å². The van der Waals surface area contributed by atoms with Gasteiger partial charge in [0.25, 0.3) is 15.9 Å². The molecule has 1 aliphatic rings. The van der Waals surface area contributed by atoms with Crippen molar-refractivity contribution in [3.05, 3.63) is 96.4 Å². The van der Waals surface area contributed by atoms with Crippen molar-refractivity contribution in [1.29, 1.82) is 0 Å². The van der Waals surface area contributed by atoms with Crippen LogP contribution in [0.15, 0.2) is 104 Å². The van der Waals surface area contributed by atoms with Gasteiger partial charge in [0.1, 0.15) is 11.9 Å². The molecule has 0 spiro atoms. The van der Waals surface area contributed by atoms with Gasteiger partial charge in [0.15, 0.2) is 9.84 Å². The molecule has 0 saturated heterocycles. The van der Waals surface area contributed by atoms with Gasteiger partial charge in [-0.2, -0.15) is 4.98 Å². The lowest BCUT2D eigenvalue weighted by Gasteiger charge is -2.14. The van der Waals surface area contributed by atoms with Crippen LogP contribution in [0.5, 0.6) is 0 Å². The Morgan fingerprint density at radius 1 is 0.951 bits per heavy atom. The average molecular weight is 594 g/mol. The highest BCUT2D eigenvalue weighted by Gasteiger charge is 2.32. The Kier molecular flexibility index (Phi) is 7.77. The number of rotatable bonds is 10. The van der Waals surface area contributed by atoms with Crippen molar-refractivity contribution in [2.24, 2.45) is 4.99 Å². The number of hydrogen-bond acceptors (Lipinski definition) is 10. The highest BCUT2D eigenvalue weighted by atomic mass is 32.2. The first kappa shape index (κ1) is 27.9. The molecule has 0 bridgehead atoms. The van der Waals surface area contributed by atoms with Crippen molar-refractivity contribution in [3.8, 4) is 11.4 Å². The lowest BCUT2D eigenvalue weighted by molar-refractivity contribution is -0.122. The minimum atomic E-state index is -3.91. The summed E-state index contributed by atoms with van der Waals surface area (Å²) >= 11 is 0. The number of benzene rings is 3. The van der Waals surface area contributed by atoms with Gasteiger partial charge in [-0.25, -0.2) is 16.8 Å². The second-order valence-electron chi connectivity index (χ2n) is 8.95. The molecule has 4 aromatic rings. The number of nitrogens with one attached hydrogen (secondary N) is 2. The van der Waals surface area contributed by atoms with E-state index in [-0.39, 0.29) is 39.3 Å². The maximum absolute atomic E-state index is 13.2. The number of sulfone groups is 1. The van der Waals surface area contributed by atoms with Crippen molar-refractivity contribution in [3.63, 3.8) is 0 Å². The van der Waals surface area contributed by atoms with Crippen molar-refractivity contribution in [1.82, 2.24) is 20.2 Å². The minimum absolute atomic E-state index is 0.0180. The zero-order valence-electron chi connectivity index (χ0n) is 21.3. The van der Waals surface area contributed by atoms with Crippen molar-refractivity contribution in [2.75, 3.05) is 12.3 Å². The molecule has 5 rings (SSSR count). The monoisotopic (exact) mass is 593 g/mol. The molecule has 0 radical (unpaired) electrons. The largest absolute Gasteiger partial charge is 0.347 e. The number of amidine groups is 1. The topological polar surface area (TPSA) is 178 Å². The minimum Gasteiger partial charge on any atom is -0.347 e. The summed E-state index contributed by atoms with van der Waals surface area (Å²) in [6.45, 7) is -0.537. The molecule has 14 heteroatoms. The van der Waals surface area contributed by atoms with Gasteiger partial charge < -0.3 is 9.84 Å². The summed E-state index contributed by atoms with van der Waals surface area (Å²) in [5.41, 5.74) is 0.876. The van der Waals surface area contributed by atoms with Crippen molar-refractivity contribution < 1.29 is 30.9 Å². The first-order chi connectivity index (χ1) is 19.6. The summed E-state index contributed by atoms with van der Waals surface area (Å²) in [4.78, 5) is 34.3. The molecule has 0 fully saturated rings. The quantitative estimate of drug-likeness (QED) is 0.260. The van der Waals surface area contributed by atoms with Crippen molar-refractivity contribution in [2.45, 2.75) is 22.3 Å². The van der Waals surface area contributed by atoms with E-state index >= 15 is 0 Å². The number of ketones is 1. The molecule has 2 heterocycles. The normalized spacial score (nSPS) is 15.6. The maximum Gasteiger partial charge on any atom is 0.296 e. The zero-order valence-corrected chi connectivity index (χ0v) is 22.9. The highest BCUT2D eigenvalue weighted by molar-refractivity contribution is 7.91. The SMILES string of the molecule is O=C(CNC(=O)[C@H](CCS(=O)(=O)c1ccccc1)N=C1NS(=O)(=O)c2ccccc21)c1nc(-c2ccccc2)no1. The Labute approximate surface area is 235 Å². The van der Waals surface area contributed by atoms with E-state index in [0.717, 1.165) is 0 Å². The number of amides is 1. The van der Waals surface area contributed by atoms with Crippen LogP contribution in [0.3, 0.4) is 0 Å². The molecule has 0 aliphatic carbocycles. The van der Waals surface area contributed by atoms with Gasteiger partial charge >= 0.3 is 0 Å². The Bertz CT molecular complexity index is 1840. The van der Waals surface area contributed by atoms with E-state index in [1.165, 1.54) is 24.3 Å². The molecule has 1 atom stereocenters. The van der Waals surface area contributed by atoms with Gasteiger partial charge in [0, 0.05) is 11.1 Å². The predicted molar refractivity (Wildman–Crippen MR) is 147 cm³/mol. The number of fused-ring (bicyclic) bond motifs is 1. The summed E-state index contributed by atoms with van der Waals surface area (Å²) in [6.07, 6.45) is -0.288. The molecule has 0 unspecified atom stereocenters. The van der Waals surface area contributed by atoms with Gasteiger partial charge in [0.2, 0.25) is 17.5 Å². The van der Waals surface area contributed by atoms with Gasteiger partial charge in [-0.1, -0.05) is 65.8 Å². The van der Waals surface area contributed by atoms with Crippen molar-refractivity contribution >= 4 is 37.4 Å². The third-order valence-corrected chi connectivity index (χ3v) is 9.29. The molecular weight excluding hydrogens is 570 g/mol. The first-order valence-electron chi connectivity index (χ1n) is 12.3. The smallest absolute Gasteiger partial charge is 0.296 e. The fraction of sp³-hybridized carbons (Fsp3) is 0.148. The van der Waals surface area contributed by atoms with E-state index in [1.807, 2.05) is 6.07 Å². The summed E-state index contributed by atoms with van der Waals surface area (Å²) in [7, 11) is -7.70. The van der Waals surface area contributed by atoms with Crippen LogP contribution in [-0.2, 0) is 24.7 Å². The zero-order chi connectivity index (χ0) is 29.0. The van der Waals surface area contributed by atoms with Crippen LogP contribution >= 0.6 is 0 Å². The number of aliphatic imine (C=N–C) groups is 1. The van der Waals surface area contributed by atoms with E-state index in [4.69, 9.17) is 4.52 Å². The van der Waals surface area contributed by atoms with Gasteiger partial charge in [0.05, 0.1) is 22.1 Å². The highest BCUT2D eigenvalue weighted by Crippen LogP contribution is 2.23. The third kappa shape index (κ3) is 6.23. The third-order valence-electron chi connectivity index (χ3n) is 6.13. The number of carbonyl (C=O) groups excluding carboxylic acids is 2. The van der Waals surface area contributed by atoms with Crippen LogP contribution in [0.1, 0.15) is 22.7 Å². The Morgan fingerprint density at radius 3 is 2.34 bits per heavy atom. The molecule has 0 saturated carbocycles. The standard InChI is InChI=1S/C27H23N5O7S2/c33-22(27-30-24(31-39-27)18-9-3-1-4-10-18)17-28-26(34)21(15-16-40(35,36)19-11-5-2-6-12-19)29-25-20-13-7-8-14-23(20)41(37,38)32-25/h1-14,21H,15-17H2,(H,28,34)(H,29,32)/t21-/m0/s1. The number of carbonyl (C=O) groups is 2. The summed E-state index contributed by atoms with van der Waals surface area (Å²) in [5.74, 6) is -2.16. The van der Waals surface area contributed by atoms with Gasteiger partial charge in [-0.15, -0.1) is 0 Å². The molecule has 1 amide bonds. The lowest BCUT2D eigenvalue weighted by Crippen LogP contribution is -2.39. The maximum atomic E-state index is 13.2. The molecule has 1 aromatic heterocycles. The second-order valence-corrected chi connectivity index (χ2v) is 12.7. The average Bonchev–Trinajstić information content (AvgIpc) is 3.58. The van der Waals surface area contributed by atoms with Gasteiger partial charge in [-0.05, 0) is 30.7 Å². The lowest BCUT2D eigenvalue weighted by atomic mass is 10.1. The fourth-order valence-corrected chi connectivity index (χ4v) is 6.63. The Balaban J connectivity index is 1.35. The number of aromatic nitrogens is 2. The van der Waals surface area contributed by atoms with Crippen LogP contribution in [0.4, 0.5) is 0 Å². The van der Waals surface area contributed by atoms with Gasteiger partial charge in [-0.3, -0.25) is 19.3 Å². The first-order valence-corrected chi connectivity index (χ1v) is 15.5. The van der Waals surface area contributed by atoms with E-state index in [1.54, 1.807) is 54.6 Å². The molecular formula is C27H23N5O7S2. The van der Waals surface area contributed by atoms with E-state index in [9.17, 15) is 26.4 Å². The molecule has 2 N–H and O–H groups in total. The van der Waals surface area contributed by atoms with Crippen LogP contribution in [0.2, 0.25) is 0 Å². The van der Waals surface area contributed by atoms with Crippen LogP contribution in [-0.4, -0.2) is 62.8 Å². The summed E-state index contributed by atoms with van der Waals surface area (Å²) in [6, 6.07) is 21.2. The summed E-state index contributed by atoms with van der Waals surface area (Å²) < 4.78 is 58.2. The number of hydrogen-bond donors (Lipinski definition) is 2. The molecule has 1 aliphatic heterocycles. The second kappa shape index (κ2) is 11.4. The van der Waals surface area contributed by atoms with Crippen LogP contribution in [0.25, 0.3) is 11.4 Å². The van der Waals surface area contributed by atoms with E-state index in [2.05, 4.69) is 25.2 Å². The molecule has 12 nitrogen and oxygen atoms in total. The Hall–Kier alpha value is -4.69. The predicted octanol–water partition coefficient (Wildman–Crippen LogP) is 2.01. The van der Waals surface area contributed by atoms with E-state index in [0.29, 0.717) is 5.56 Å². The van der Waals surface area contributed by atoms with Crippen LogP contribution in [0, 0.1) is 0 Å². The molecule has 41 heavy (non-hydrogen) atoms.